The van der Waals surface area contributed by atoms with E-state index in [1.807, 2.05) is 0 Å². The van der Waals surface area contributed by atoms with Gasteiger partial charge in [0.2, 0.25) is 0 Å². The van der Waals surface area contributed by atoms with Crippen LogP contribution in [-0.4, -0.2) is 31.3 Å². The van der Waals surface area contributed by atoms with Crippen LogP contribution in [0.5, 0.6) is 0 Å². The number of methoxy groups -OCH3 is 1. The van der Waals surface area contributed by atoms with Gasteiger partial charge in [-0.25, -0.2) is 8.78 Å². The molecule has 1 rings (SSSR count). The number of hydrogen-bond donors (Lipinski definition) is 2. The van der Waals surface area contributed by atoms with E-state index in [0.29, 0.717) is 0 Å². The molecule has 0 radical (unpaired) electrons. The van der Waals surface area contributed by atoms with E-state index in [2.05, 4.69) is 10.1 Å². The largest absolute Gasteiger partial charge is 0.469 e. The maximum Gasteiger partial charge on any atom is 0.306 e. The summed E-state index contributed by atoms with van der Waals surface area (Å²) in [7, 11) is 1.27. The van der Waals surface area contributed by atoms with Gasteiger partial charge in [-0.15, -0.1) is 0 Å². The third kappa shape index (κ3) is 4.05. The first-order chi connectivity index (χ1) is 8.56. The fourth-order valence-corrected chi connectivity index (χ4v) is 1.46. The summed E-state index contributed by atoms with van der Waals surface area (Å²) in [6.07, 6.45) is -1.17. The smallest absolute Gasteiger partial charge is 0.306 e. The second-order valence-corrected chi connectivity index (χ2v) is 3.68. The van der Waals surface area contributed by atoms with Crippen LogP contribution >= 0.6 is 0 Å². The number of rotatable bonds is 6. The van der Waals surface area contributed by atoms with Crippen molar-refractivity contribution in [3.8, 4) is 0 Å². The van der Waals surface area contributed by atoms with Crippen LogP contribution < -0.4 is 5.32 Å². The van der Waals surface area contributed by atoms with Gasteiger partial charge in [0.05, 0.1) is 25.2 Å². The third-order valence-electron chi connectivity index (χ3n) is 2.40. The molecule has 18 heavy (non-hydrogen) atoms. The number of benzene rings is 1. The van der Waals surface area contributed by atoms with Gasteiger partial charge in [0, 0.05) is 13.1 Å². The number of ether oxygens (including phenoxy) is 1. The van der Waals surface area contributed by atoms with Gasteiger partial charge in [-0.2, -0.15) is 0 Å². The summed E-state index contributed by atoms with van der Waals surface area (Å²) in [5.74, 6) is -1.98. The topological polar surface area (TPSA) is 58.6 Å². The monoisotopic (exact) mass is 259 g/mol. The molecule has 0 amide bonds. The van der Waals surface area contributed by atoms with E-state index in [1.165, 1.54) is 13.2 Å². The van der Waals surface area contributed by atoms with E-state index >= 15 is 0 Å². The Labute approximate surface area is 104 Å². The Kier molecular flexibility index (Phi) is 5.67. The van der Waals surface area contributed by atoms with Crippen molar-refractivity contribution in [2.24, 2.45) is 0 Å². The van der Waals surface area contributed by atoms with Crippen LogP contribution in [0.4, 0.5) is 8.78 Å². The van der Waals surface area contributed by atoms with Crippen molar-refractivity contribution >= 4 is 5.97 Å². The molecule has 6 heteroatoms. The lowest BCUT2D eigenvalue weighted by molar-refractivity contribution is -0.140. The number of aliphatic hydroxyl groups excluding tert-OH is 1. The minimum Gasteiger partial charge on any atom is -0.469 e. The third-order valence-corrected chi connectivity index (χ3v) is 2.40. The number of carbonyl (C=O) groups is 1. The van der Waals surface area contributed by atoms with E-state index in [9.17, 15) is 18.7 Å². The van der Waals surface area contributed by atoms with Crippen LogP contribution in [0.2, 0.25) is 0 Å². The fourth-order valence-electron chi connectivity index (χ4n) is 1.46. The van der Waals surface area contributed by atoms with Crippen LogP contribution in [0.15, 0.2) is 18.2 Å². The highest BCUT2D eigenvalue weighted by molar-refractivity contribution is 5.69. The second-order valence-electron chi connectivity index (χ2n) is 3.68. The molecule has 0 aliphatic heterocycles. The normalized spacial score (nSPS) is 12.2. The minimum atomic E-state index is -1.30. The Morgan fingerprint density at radius 3 is 2.61 bits per heavy atom. The summed E-state index contributed by atoms with van der Waals surface area (Å²) in [6, 6.07) is 3.39. The molecule has 1 aromatic carbocycles. The summed E-state index contributed by atoms with van der Waals surface area (Å²) < 4.78 is 31.0. The molecule has 0 saturated heterocycles. The molecule has 0 fully saturated rings. The quantitative estimate of drug-likeness (QED) is 0.594. The summed E-state index contributed by atoms with van der Waals surface area (Å²) in [5.41, 5.74) is -0.372. The standard InChI is InChI=1S/C12H15F2NO3/c1-18-11(17)5-6-15-7-10(16)12-8(13)3-2-4-9(12)14/h2-4,10,15-16H,5-7H2,1H3. The maximum atomic E-state index is 13.3. The maximum absolute atomic E-state index is 13.3. The molecule has 0 heterocycles. The average molecular weight is 259 g/mol. The van der Waals surface area contributed by atoms with Crippen LogP contribution in [0.1, 0.15) is 18.1 Å². The predicted octanol–water partition coefficient (Wildman–Crippen LogP) is 1.15. The van der Waals surface area contributed by atoms with Crippen molar-refractivity contribution in [2.75, 3.05) is 20.2 Å². The summed E-state index contributed by atoms with van der Waals surface area (Å²) >= 11 is 0. The van der Waals surface area contributed by atoms with E-state index in [-0.39, 0.29) is 25.1 Å². The summed E-state index contributed by atoms with van der Waals surface area (Å²) in [6.45, 7) is 0.217. The van der Waals surface area contributed by atoms with E-state index in [1.54, 1.807) is 0 Å². The Balaban J connectivity index is 2.46. The molecule has 0 aliphatic rings. The Hall–Kier alpha value is -1.53. The molecule has 100 valence electrons. The Bertz CT molecular complexity index is 392. The lowest BCUT2D eigenvalue weighted by Crippen LogP contribution is -2.25. The molecule has 0 aromatic heterocycles. The highest BCUT2D eigenvalue weighted by Crippen LogP contribution is 2.19. The molecule has 4 nitrogen and oxygen atoms in total. The zero-order valence-corrected chi connectivity index (χ0v) is 9.95. The Morgan fingerprint density at radius 1 is 1.44 bits per heavy atom. The van der Waals surface area contributed by atoms with E-state index in [0.717, 1.165) is 12.1 Å². The second kappa shape index (κ2) is 7.03. The van der Waals surface area contributed by atoms with Gasteiger partial charge in [0.15, 0.2) is 0 Å². The number of carbonyl (C=O) groups excluding carboxylic acids is 1. The lowest BCUT2D eigenvalue weighted by Gasteiger charge is -2.13. The van der Waals surface area contributed by atoms with Gasteiger partial charge in [0.25, 0.3) is 0 Å². The van der Waals surface area contributed by atoms with Crippen LogP contribution in [0, 0.1) is 11.6 Å². The molecule has 1 unspecified atom stereocenters. The van der Waals surface area contributed by atoms with Crippen LogP contribution in [-0.2, 0) is 9.53 Å². The molecular weight excluding hydrogens is 244 g/mol. The van der Waals surface area contributed by atoms with Crippen molar-refractivity contribution in [1.29, 1.82) is 0 Å². The van der Waals surface area contributed by atoms with Gasteiger partial charge < -0.3 is 15.2 Å². The minimum absolute atomic E-state index is 0.0468. The zero-order valence-electron chi connectivity index (χ0n) is 9.95. The zero-order chi connectivity index (χ0) is 13.5. The molecule has 0 saturated carbocycles. The summed E-state index contributed by atoms with van der Waals surface area (Å²) in [5, 5.41) is 12.4. The highest BCUT2D eigenvalue weighted by atomic mass is 19.1. The van der Waals surface area contributed by atoms with E-state index < -0.39 is 23.7 Å². The first-order valence-corrected chi connectivity index (χ1v) is 5.45. The molecule has 0 aliphatic carbocycles. The van der Waals surface area contributed by atoms with Gasteiger partial charge in [-0.05, 0) is 12.1 Å². The van der Waals surface area contributed by atoms with E-state index in [4.69, 9.17) is 0 Å². The van der Waals surface area contributed by atoms with Crippen LogP contribution in [0.3, 0.4) is 0 Å². The first kappa shape index (κ1) is 14.5. The molecular formula is C12H15F2NO3. The summed E-state index contributed by atoms with van der Waals surface area (Å²) in [4.78, 5) is 10.8. The molecule has 1 atom stereocenters. The predicted molar refractivity (Wildman–Crippen MR) is 60.8 cm³/mol. The van der Waals surface area contributed by atoms with Gasteiger partial charge in [-0.1, -0.05) is 6.07 Å². The molecule has 2 N–H and O–H groups in total. The Morgan fingerprint density at radius 2 is 2.06 bits per heavy atom. The number of halogens is 2. The van der Waals surface area contributed by atoms with Crippen molar-refractivity contribution in [3.05, 3.63) is 35.4 Å². The van der Waals surface area contributed by atoms with Crippen molar-refractivity contribution in [2.45, 2.75) is 12.5 Å². The number of hydrogen-bond acceptors (Lipinski definition) is 4. The van der Waals surface area contributed by atoms with Crippen molar-refractivity contribution in [3.63, 3.8) is 0 Å². The number of esters is 1. The lowest BCUT2D eigenvalue weighted by atomic mass is 10.1. The molecule has 1 aromatic rings. The number of aliphatic hydroxyl groups is 1. The fraction of sp³-hybridized carbons (Fsp3) is 0.417. The van der Waals surface area contributed by atoms with Crippen molar-refractivity contribution < 1.29 is 23.4 Å². The number of nitrogens with one attached hydrogen (secondary N) is 1. The van der Waals surface area contributed by atoms with Gasteiger partial charge in [-0.3, -0.25) is 4.79 Å². The SMILES string of the molecule is COC(=O)CCNCC(O)c1c(F)cccc1F. The first-order valence-electron chi connectivity index (χ1n) is 5.45. The van der Waals surface area contributed by atoms with Gasteiger partial charge >= 0.3 is 5.97 Å². The molecule has 0 spiro atoms. The van der Waals surface area contributed by atoms with Crippen molar-refractivity contribution in [1.82, 2.24) is 5.32 Å². The average Bonchev–Trinajstić information content (AvgIpc) is 2.34. The van der Waals surface area contributed by atoms with Gasteiger partial charge in [0.1, 0.15) is 11.6 Å². The van der Waals surface area contributed by atoms with Crippen LogP contribution in [0.25, 0.3) is 0 Å². The highest BCUT2D eigenvalue weighted by Gasteiger charge is 2.17. The molecule has 0 bridgehead atoms.